The third kappa shape index (κ3) is 1.11. The van der Waals surface area contributed by atoms with E-state index in [9.17, 15) is 0 Å². The first-order valence-corrected chi connectivity index (χ1v) is 9.71. The van der Waals surface area contributed by atoms with Crippen molar-refractivity contribution in [1.82, 2.24) is 0 Å². The molecule has 0 bridgehead atoms. The zero-order chi connectivity index (χ0) is 17.3. The standard InChI is InChI=1S/C26H20/c1-25-19-13-5-9-15-7-3-11-17(21(15)19)23(25)26(2)20-14-6-10-16-8-4-12-18(22(16)20)24(25)26/h3-14,23-24H,1-2H3. The molecule has 0 aromatic heterocycles. The highest BCUT2D eigenvalue weighted by atomic mass is 14.7. The first kappa shape index (κ1) is 13.6. The summed E-state index contributed by atoms with van der Waals surface area (Å²) >= 11 is 0. The third-order valence-corrected chi connectivity index (χ3v) is 8.06. The predicted molar refractivity (Wildman–Crippen MR) is 108 cm³/mol. The van der Waals surface area contributed by atoms with Gasteiger partial charge in [-0.05, 0) is 43.8 Å². The monoisotopic (exact) mass is 332 g/mol. The smallest absolute Gasteiger partial charge is 0.00860 e. The highest BCUT2D eigenvalue weighted by Crippen LogP contribution is 2.80. The van der Waals surface area contributed by atoms with Gasteiger partial charge >= 0.3 is 0 Å². The van der Waals surface area contributed by atoms with Gasteiger partial charge in [0.1, 0.15) is 0 Å². The number of hydrogen-bond donors (Lipinski definition) is 0. The minimum Gasteiger partial charge on any atom is -0.0613 e. The van der Waals surface area contributed by atoms with Crippen LogP contribution in [0.2, 0.25) is 0 Å². The van der Waals surface area contributed by atoms with Crippen LogP contribution in [0.25, 0.3) is 21.5 Å². The third-order valence-electron chi connectivity index (χ3n) is 8.06. The molecule has 0 nitrogen and oxygen atoms in total. The summed E-state index contributed by atoms with van der Waals surface area (Å²) in [7, 11) is 0. The fraction of sp³-hybridized carbons (Fsp3) is 0.231. The Hall–Kier alpha value is -2.60. The molecule has 0 heteroatoms. The van der Waals surface area contributed by atoms with Crippen molar-refractivity contribution in [2.45, 2.75) is 36.5 Å². The fourth-order valence-corrected chi connectivity index (χ4v) is 7.52. The van der Waals surface area contributed by atoms with Crippen LogP contribution in [0.15, 0.2) is 72.8 Å². The summed E-state index contributed by atoms with van der Waals surface area (Å²) < 4.78 is 0. The van der Waals surface area contributed by atoms with Crippen LogP contribution in [0.5, 0.6) is 0 Å². The number of fused-ring (bicyclic) bond motifs is 8. The second-order valence-corrected chi connectivity index (χ2v) is 8.93. The van der Waals surface area contributed by atoms with Crippen molar-refractivity contribution >= 4 is 21.5 Å². The summed E-state index contributed by atoms with van der Waals surface area (Å²) in [6.07, 6.45) is 0. The molecule has 1 fully saturated rings. The maximum absolute atomic E-state index is 2.53. The average molecular weight is 332 g/mol. The molecule has 0 spiro atoms. The molecule has 26 heavy (non-hydrogen) atoms. The van der Waals surface area contributed by atoms with Crippen LogP contribution in [-0.4, -0.2) is 0 Å². The number of hydrogen-bond acceptors (Lipinski definition) is 0. The van der Waals surface area contributed by atoms with Gasteiger partial charge in [0.25, 0.3) is 0 Å². The van der Waals surface area contributed by atoms with Crippen LogP contribution in [0, 0.1) is 0 Å². The molecule has 3 aliphatic carbocycles. The van der Waals surface area contributed by atoms with Crippen molar-refractivity contribution < 1.29 is 0 Å². The fourth-order valence-electron chi connectivity index (χ4n) is 7.52. The van der Waals surface area contributed by atoms with E-state index in [1.54, 1.807) is 22.3 Å². The van der Waals surface area contributed by atoms with Crippen LogP contribution >= 0.6 is 0 Å². The molecular formula is C26H20. The van der Waals surface area contributed by atoms with Crippen molar-refractivity contribution in [1.29, 1.82) is 0 Å². The zero-order valence-corrected chi connectivity index (χ0v) is 15.1. The highest BCUT2D eigenvalue weighted by Gasteiger charge is 2.73. The maximum Gasteiger partial charge on any atom is 0.00860 e. The lowest BCUT2D eigenvalue weighted by Crippen LogP contribution is -2.60. The molecule has 0 amide bonds. The Labute approximate surface area is 153 Å². The van der Waals surface area contributed by atoms with Gasteiger partial charge in [0.05, 0.1) is 0 Å². The molecule has 0 aliphatic heterocycles. The zero-order valence-electron chi connectivity index (χ0n) is 15.1. The molecule has 0 heterocycles. The molecule has 4 aromatic rings. The summed E-state index contributed by atoms with van der Waals surface area (Å²) in [5.74, 6) is 1.14. The summed E-state index contributed by atoms with van der Waals surface area (Å²) in [5, 5.41) is 5.87. The largest absolute Gasteiger partial charge is 0.0613 e. The average Bonchev–Trinajstić information content (AvgIpc) is 3.03. The van der Waals surface area contributed by atoms with Gasteiger partial charge in [-0.25, -0.2) is 0 Å². The first-order chi connectivity index (χ1) is 12.7. The SMILES string of the molecule is CC12c3cccc4cccc(c34)C1C1(C)c3cccc4cccc(c34)C21. The van der Waals surface area contributed by atoms with Crippen molar-refractivity contribution in [2.75, 3.05) is 0 Å². The van der Waals surface area contributed by atoms with Crippen molar-refractivity contribution in [3.05, 3.63) is 95.1 Å². The van der Waals surface area contributed by atoms with Gasteiger partial charge < -0.3 is 0 Å². The molecule has 0 saturated heterocycles. The Morgan fingerprint density at radius 3 is 1.35 bits per heavy atom. The molecular weight excluding hydrogens is 312 g/mol. The van der Waals surface area contributed by atoms with Crippen molar-refractivity contribution in [3.63, 3.8) is 0 Å². The van der Waals surface area contributed by atoms with Gasteiger partial charge in [-0.2, -0.15) is 0 Å². The Bertz CT molecular complexity index is 1160. The molecule has 0 N–H and O–H groups in total. The van der Waals surface area contributed by atoms with Gasteiger partial charge in [0.2, 0.25) is 0 Å². The first-order valence-electron chi connectivity index (χ1n) is 9.71. The van der Waals surface area contributed by atoms with Gasteiger partial charge in [0.15, 0.2) is 0 Å². The van der Waals surface area contributed by atoms with Crippen LogP contribution < -0.4 is 0 Å². The van der Waals surface area contributed by atoms with Gasteiger partial charge in [-0.1, -0.05) is 86.6 Å². The molecule has 4 aromatic carbocycles. The van der Waals surface area contributed by atoms with Crippen LogP contribution in [0.4, 0.5) is 0 Å². The second kappa shape index (κ2) is 3.88. The molecule has 124 valence electrons. The summed E-state index contributed by atoms with van der Waals surface area (Å²) in [4.78, 5) is 0. The Balaban J connectivity index is 1.65. The van der Waals surface area contributed by atoms with E-state index in [2.05, 4.69) is 86.6 Å². The quantitative estimate of drug-likeness (QED) is 0.349. The summed E-state index contributed by atoms with van der Waals surface area (Å²) in [5.41, 5.74) is 6.69. The Kier molecular flexibility index (Phi) is 2.03. The van der Waals surface area contributed by atoms with Gasteiger partial charge in [-0.15, -0.1) is 0 Å². The van der Waals surface area contributed by atoms with Crippen LogP contribution in [0.1, 0.15) is 47.9 Å². The Morgan fingerprint density at radius 1 is 0.538 bits per heavy atom. The van der Waals surface area contributed by atoms with Crippen molar-refractivity contribution in [3.8, 4) is 0 Å². The van der Waals surface area contributed by atoms with Gasteiger partial charge in [0, 0.05) is 22.7 Å². The van der Waals surface area contributed by atoms with E-state index in [4.69, 9.17) is 0 Å². The minimum absolute atomic E-state index is 0.200. The second-order valence-electron chi connectivity index (χ2n) is 8.93. The lowest BCUT2D eigenvalue weighted by Gasteiger charge is -2.63. The predicted octanol–water partition coefficient (Wildman–Crippen LogP) is 6.42. The maximum atomic E-state index is 2.53. The molecule has 7 rings (SSSR count). The Morgan fingerprint density at radius 2 is 0.923 bits per heavy atom. The van der Waals surface area contributed by atoms with E-state index in [-0.39, 0.29) is 10.8 Å². The van der Waals surface area contributed by atoms with Crippen LogP contribution in [0.3, 0.4) is 0 Å². The van der Waals surface area contributed by atoms with E-state index in [1.807, 2.05) is 0 Å². The lowest BCUT2D eigenvalue weighted by molar-refractivity contribution is 0.0568. The number of rotatable bonds is 0. The molecule has 1 saturated carbocycles. The lowest BCUT2D eigenvalue weighted by atomic mass is 9.39. The van der Waals surface area contributed by atoms with Crippen molar-refractivity contribution in [2.24, 2.45) is 0 Å². The summed E-state index contributed by atoms with van der Waals surface area (Å²) in [6, 6.07) is 27.7. The molecule has 0 radical (unpaired) electrons. The minimum atomic E-state index is 0.200. The number of benzene rings is 4. The topological polar surface area (TPSA) is 0 Å². The van der Waals surface area contributed by atoms with E-state index in [1.165, 1.54) is 21.5 Å². The summed E-state index contributed by atoms with van der Waals surface area (Å²) in [6.45, 7) is 5.06. The molecule has 0 unspecified atom stereocenters. The van der Waals surface area contributed by atoms with E-state index >= 15 is 0 Å². The van der Waals surface area contributed by atoms with Gasteiger partial charge in [-0.3, -0.25) is 0 Å². The van der Waals surface area contributed by atoms with E-state index in [0.29, 0.717) is 11.8 Å². The highest BCUT2D eigenvalue weighted by molar-refractivity contribution is 6.00. The molecule has 3 aliphatic rings. The van der Waals surface area contributed by atoms with E-state index in [0.717, 1.165) is 0 Å². The van der Waals surface area contributed by atoms with E-state index < -0.39 is 0 Å². The van der Waals surface area contributed by atoms with Crippen LogP contribution in [-0.2, 0) is 10.8 Å². The normalized spacial score (nSPS) is 32.5. The molecule has 0 atom stereocenters.